The highest BCUT2D eigenvalue weighted by atomic mass is 35.5. The van der Waals surface area contributed by atoms with Gasteiger partial charge in [0.25, 0.3) is 0 Å². The summed E-state index contributed by atoms with van der Waals surface area (Å²) < 4.78 is 1.98. The molecule has 0 saturated carbocycles. The van der Waals surface area contributed by atoms with Crippen molar-refractivity contribution in [2.24, 2.45) is 7.05 Å². The quantitative estimate of drug-likeness (QED) is 0.499. The van der Waals surface area contributed by atoms with Crippen molar-refractivity contribution in [2.75, 3.05) is 27.2 Å². The number of phenolic OH excluding ortho intramolecular Hbond substituents is 1. The summed E-state index contributed by atoms with van der Waals surface area (Å²) in [6, 6.07) is 5.62. The number of phenols is 1. The number of aryl methyl sites for hydroxylation is 1. The predicted octanol–water partition coefficient (Wildman–Crippen LogP) is 4.57. The molecule has 0 aliphatic carbocycles. The normalized spacial score (nSPS) is 13.5. The lowest BCUT2D eigenvalue weighted by atomic mass is 9.96. The molecule has 0 amide bonds. The molecule has 0 unspecified atom stereocenters. The first kappa shape index (κ1) is 29.0. The van der Waals surface area contributed by atoms with Crippen molar-refractivity contribution in [2.45, 2.75) is 25.9 Å². The zero-order valence-electron chi connectivity index (χ0n) is 18.9. The molecule has 2 N–H and O–H groups in total. The number of hydrogen-bond acceptors (Lipinski definition) is 5. The summed E-state index contributed by atoms with van der Waals surface area (Å²) in [4.78, 5) is 20.8. The number of carbonyl (C=O) groups is 1. The summed E-state index contributed by atoms with van der Waals surface area (Å²) in [6.45, 7) is 3.00. The number of benzene rings is 1. The van der Waals surface area contributed by atoms with Gasteiger partial charge >= 0.3 is 5.97 Å². The number of pyridine rings is 1. The zero-order valence-corrected chi connectivity index (χ0v) is 21.4. The molecule has 33 heavy (non-hydrogen) atoms. The van der Waals surface area contributed by atoms with Crippen LogP contribution in [0.1, 0.15) is 34.5 Å². The third kappa shape index (κ3) is 5.55. The van der Waals surface area contributed by atoms with Crippen LogP contribution in [0.25, 0.3) is 22.0 Å². The maximum absolute atomic E-state index is 12.4. The van der Waals surface area contributed by atoms with Gasteiger partial charge in [-0.15, -0.1) is 37.2 Å². The fourth-order valence-corrected chi connectivity index (χ4v) is 4.49. The molecule has 0 spiro atoms. The predicted molar refractivity (Wildman–Crippen MR) is 138 cm³/mol. The second kappa shape index (κ2) is 11.9. The van der Waals surface area contributed by atoms with Gasteiger partial charge in [-0.1, -0.05) is 6.07 Å². The third-order valence-corrected chi connectivity index (χ3v) is 5.92. The van der Waals surface area contributed by atoms with E-state index in [1.54, 1.807) is 12.4 Å². The summed E-state index contributed by atoms with van der Waals surface area (Å²) >= 11 is 0. The van der Waals surface area contributed by atoms with Crippen molar-refractivity contribution >= 4 is 54.1 Å². The molecule has 1 saturated heterocycles. The fraction of sp³-hybridized carbons (Fsp3) is 0.391. The van der Waals surface area contributed by atoms with Crippen molar-refractivity contribution in [3.63, 3.8) is 0 Å². The van der Waals surface area contributed by atoms with E-state index in [-0.39, 0.29) is 43.0 Å². The average molecular weight is 518 g/mol. The third-order valence-electron chi connectivity index (χ3n) is 5.92. The molecule has 1 aliphatic rings. The zero-order chi connectivity index (χ0) is 21.4. The SMILES string of the molecule is CN(C)Cc1c(O)c(-c2cccnc2)cc2c1c(C(=O)O)c(CN1CCCC1)n2C.Cl.Cl.Cl. The van der Waals surface area contributed by atoms with E-state index >= 15 is 0 Å². The van der Waals surface area contributed by atoms with E-state index in [0.29, 0.717) is 35.2 Å². The number of aromatic hydroxyl groups is 1. The second-order valence-electron chi connectivity index (χ2n) is 8.29. The Hall–Kier alpha value is -2.03. The fourth-order valence-electron chi connectivity index (χ4n) is 4.49. The molecule has 1 fully saturated rings. The van der Waals surface area contributed by atoms with Crippen LogP contribution >= 0.6 is 37.2 Å². The van der Waals surface area contributed by atoms with Crippen molar-refractivity contribution in [1.29, 1.82) is 0 Å². The standard InChI is InChI=1S/C23H28N4O3.3ClH/c1-25(2)13-17-20-18(11-16(22(17)28)15-7-6-8-24-12-15)26(3)19(21(20)23(29)30)14-27-9-4-5-10-27;;;/h6-8,11-12,28H,4-5,9-10,13-14H2,1-3H3,(H,29,30);3*1H. The lowest BCUT2D eigenvalue weighted by molar-refractivity contribution is 0.0696. The van der Waals surface area contributed by atoms with Crippen LogP contribution in [0, 0.1) is 0 Å². The molecule has 1 aliphatic heterocycles. The molecule has 10 heteroatoms. The first-order valence-corrected chi connectivity index (χ1v) is 10.2. The van der Waals surface area contributed by atoms with Crippen molar-refractivity contribution < 1.29 is 15.0 Å². The molecular weight excluding hydrogens is 487 g/mol. The Labute approximate surface area is 212 Å². The van der Waals surface area contributed by atoms with E-state index in [1.165, 1.54) is 0 Å². The van der Waals surface area contributed by atoms with Gasteiger partial charge in [-0.3, -0.25) is 9.88 Å². The minimum Gasteiger partial charge on any atom is -0.507 e. The molecule has 4 rings (SSSR count). The van der Waals surface area contributed by atoms with E-state index < -0.39 is 5.97 Å². The van der Waals surface area contributed by atoms with Crippen LogP contribution in [0.15, 0.2) is 30.6 Å². The molecular formula is C23H31Cl3N4O3. The summed E-state index contributed by atoms with van der Waals surface area (Å²) in [5, 5.41) is 22.0. The van der Waals surface area contributed by atoms with Crippen molar-refractivity contribution in [1.82, 2.24) is 19.4 Å². The van der Waals surface area contributed by atoms with Crippen molar-refractivity contribution in [3.8, 4) is 16.9 Å². The molecule has 0 atom stereocenters. The Balaban J connectivity index is 0.00000181. The molecule has 0 bridgehead atoms. The molecule has 0 radical (unpaired) electrons. The lowest BCUT2D eigenvalue weighted by Crippen LogP contribution is -2.21. The topological polar surface area (TPSA) is 81.8 Å². The van der Waals surface area contributed by atoms with Gasteiger partial charge < -0.3 is 19.7 Å². The first-order chi connectivity index (χ1) is 14.4. The minimum atomic E-state index is -0.955. The van der Waals surface area contributed by atoms with E-state index in [9.17, 15) is 15.0 Å². The number of nitrogens with zero attached hydrogens (tertiary/aromatic N) is 4. The van der Waals surface area contributed by atoms with E-state index in [4.69, 9.17) is 0 Å². The van der Waals surface area contributed by atoms with Gasteiger partial charge in [0.2, 0.25) is 0 Å². The van der Waals surface area contributed by atoms with Gasteiger partial charge in [-0.25, -0.2) is 4.79 Å². The highest BCUT2D eigenvalue weighted by molar-refractivity contribution is 6.08. The van der Waals surface area contributed by atoms with Crippen LogP contribution < -0.4 is 0 Å². The number of carboxylic acids is 1. The highest BCUT2D eigenvalue weighted by Gasteiger charge is 2.28. The number of carboxylic acid groups (broad SMARTS) is 1. The van der Waals surface area contributed by atoms with Crippen molar-refractivity contribution in [3.05, 3.63) is 47.4 Å². The van der Waals surface area contributed by atoms with Gasteiger partial charge in [0.1, 0.15) is 5.75 Å². The van der Waals surface area contributed by atoms with Gasteiger partial charge in [0.15, 0.2) is 0 Å². The van der Waals surface area contributed by atoms with Gasteiger partial charge in [-0.2, -0.15) is 0 Å². The van der Waals surface area contributed by atoms with Crippen LogP contribution in [0.5, 0.6) is 5.75 Å². The van der Waals surface area contributed by atoms with Gasteiger partial charge in [0, 0.05) is 60.3 Å². The number of likely N-dealkylation sites (tertiary alicyclic amines) is 1. The molecule has 182 valence electrons. The number of halogens is 3. The lowest BCUT2D eigenvalue weighted by Gasteiger charge is -2.16. The molecule has 3 heterocycles. The van der Waals surface area contributed by atoms with Gasteiger partial charge in [-0.05, 0) is 52.2 Å². The molecule has 3 aromatic rings. The Morgan fingerprint density at radius 3 is 2.39 bits per heavy atom. The number of rotatable bonds is 6. The van der Waals surface area contributed by atoms with E-state index in [1.807, 2.05) is 48.8 Å². The Morgan fingerprint density at radius 2 is 1.85 bits per heavy atom. The highest BCUT2D eigenvalue weighted by Crippen LogP contribution is 2.41. The Bertz CT molecular complexity index is 1100. The summed E-state index contributed by atoms with van der Waals surface area (Å²) in [6.07, 6.45) is 5.69. The largest absolute Gasteiger partial charge is 0.507 e. The monoisotopic (exact) mass is 516 g/mol. The minimum absolute atomic E-state index is 0. The number of hydrogen-bond donors (Lipinski definition) is 2. The first-order valence-electron chi connectivity index (χ1n) is 10.2. The van der Waals surface area contributed by atoms with Crippen LogP contribution in [0.3, 0.4) is 0 Å². The van der Waals surface area contributed by atoms with Crippen LogP contribution in [-0.2, 0) is 20.1 Å². The number of fused-ring (bicyclic) bond motifs is 1. The maximum atomic E-state index is 12.4. The van der Waals surface area contributed by atoms with Crippen LogP contribution in [-0.4, -0.2) is 62.7 Å². The molecule has 2 aromatic heterocycles. The smallest absolute Gasteiger partial charge is 0.338 e. The van der Waals surface area contributed by atoms with Crippen LogP contribution in [0.4, 0.5) is 0 Å². The maximum Gasteiger partial charge on any atom is 0.338 e. The summed E-state index contributed by atoms with van der Waals surface area (Å²) in [5.74, 6) is -0.839. The van der Waals surface area contributed by atoms with Crippen LogP contribution in [0.2, 0.25) is 0 Å². The summed E-state index contributed by atoms with van der Waals surface area (Å²) in [5.41, 5.74) is 3.99. The summed E-state index contributed by atoms with van der Waals surface area (Å²) in [7, 11) is 5.75. The Kier molecular flexibility index (Phi) is 10.5. The van der Waals surface area contributed by atoms with E-state index in [2.05, 4.69) is 9.88 Å². The average Bonchev–Trinajstić information content (AvgIpc) is 3.31. The number of aromatic carboxylic acids is 1. The number of aromatic nitrogens is 2. The molecule has 1 aromatic carbocycles. The second-order valence-corrected chi connectivity index (χ2v) is 8.29. The molecule has 7 nitrogen and oxygen atoms in total. The van der Waals surface area contributed by atoms with Gasteiger partial charge in [0.05, 0.1) is 11.1 Å². The van der Waals surface area contributed by atoms with E-state index in [0.717, 1.165) is 42.7 Å². The Morgan fingerprint density at radius 1 is 1.18 bits per heavy atom.